The van der Waals surface area contributed by atoms with Crippen LogP contribution in [0.15, 0.2) is 34.9 Å². The van der Waals surface area contributed by atoms with E-state index in [-0.39, 0.29) is 0 Å². The van der Waals surface area contributed by atoms with E-state index in [9.17, 15) is 0 Å². The van der Waals surface area contributed by atoms with Crippen molar-refractivity contribution in [2.24, 2.45) is 0 Å². The Morgan fingerprint density at radius 3 is 2.89 bits per heavy atom. The molecule has 0 aliphatic heterocycles. The van der Waals surface area contributed by atoms with Gasteiger partial charge in [-0.1, -0.05) is 33.6 Å². The molecule has 1 aliphatic rings. The maximum Gasteiger partial charge on any atom is 0.229 e. The monoisotopic (exact) mass is 338 g/mol. The van der Waals surface area contributed by atoms with E-state index in [0.29, 0.717) is 22.8 Å². The van der Waals surface area contributed by atoms with Crippen LogP contribution in [0.2, 0.25) is 5.02 Å². The Morgan fingerprint density at radius 2 is 2.16 bits per heavy atom. The van der Waals surface area contributed by atoms with E-state index in [0.717, 1.165) is 10.2 Å². The molecule has 3 rings (SSSR count). The van der Waals surface area contributed by atoms with E-state index in [1.807, 2.05) is 24.3 Å². The highest BCUT2D eigenvalue weighted by Gasteiger charge is 2.22. The van der Waals surface area contributed by atoms with Gasteiger partial charge in [-0.3, -0.25) is 0 Å². The summed E-state index contributed by atoms with van der Waals surface area (Å²) in [6.45, 7) is 0. The van der Waals surface area contributed by atoms with Crippen LogP contribution >= 0.6 is 27.5 Å². The Kier molecular flexibility index (Phi) is 3.57. The number of hydrogen-bond donors (Lipinski definition) is 2. The lowest BCUT2D eigenvalue weighted by Gasteiger charge is -2.09. The average Bonchev–Trinajstić information content (AvgIpc) is 3.17. The predicted octanol–water partition coefficient (Wildman–Crippen LogP) is 4.21. The second-order valence-corrected chi connectivity index (χ2v) is 5.77. The van der Waals surface area contributed by atoms with Gasteiger partial charge >= 0.3 is 0 Å². The van der Waals surface area contributed by atoms with Crippen LogP contribution in [-0.2, 0) is 0 Å². The van der Waals surface area contributed by atoms with Crippen LogP contribution in [0.4, 0.5) is 17.5 Å². The molecule has 0 atom stereocenters. The number of hydrogen-bond acceptors (Lipinski definition) is 4. The van der Waals surface area contributed by atoms with Crippen LogP contribution in [0.5, 0.6) is 0 Å². The number of aromatic nitrogens is 2. The van der Waals surface area contributed by atoms with Crippen LogP contribution < -0.4 is 10.6 Å². The summed E-state index contributed by atoms with van der Waals surface area (Å²) in [7, 11) is 0. The average molecular weight is 340 g/mol. The van der Waals surface area contributed by atoms with E-state index >= 15 is 0 Å². The van der Waals surface area contributed by atoms with Gasteiger partial charge in [0.15, 0.2) is 5.82 Å². The van der Waals surface area contributed by atoms with Gasteiger partial charge in [-0.25, -0.2) is 4.98 Å². The van der Waals surface area contributed by atoms with E-state index < -0.39 is 0 Å². The molecule has 2 aromatic rings. The smallest absolute Gasteiger partial charge is 0.229 e. The summed E-state index contributed by atoms with van der Waals surface area (Å²) in [6.07, 6.45) is 3.96. The molecule has 19 heavy (non-hydrogen) atoms. The third-order valence-electron chi connectivity index (χ3n) is 2.74. The zero-order valence-corrected chi connectivity index (χ0v) is 12.4. The molecule has 0 unspecified atom stereocenters. The first-order valence-corrected chi connectivity index (χ1v) is 7.19. The summed E-state index contributed by atoms with van der Waals surface area (Å²) in [6, 6.07) is 8.34. The third kappa shape index (κ3) is 3.36. The minimum atomic E-state index is 0.506. The highest BCUT2D eigenvalue weighted by atomic mass is 79.9. The number of anilines is 3. The Bertz CT molecular complexity index is 601. The highest BCUT2D eigenvalue weighted by molar-refractivity contribution is 9.10. The SMILES string of the molecule is Clc1cnc(Nc2cccc(Br)c2)nc1NC1CC1. The summed E-state index contributed by atoms with van der Waals surface area (Å²) < 4.78 is 1.00. The minimum absolute atomic E-state index is 0.506. The van der Waals surface area contributed by atoms with Crippen molar-refractivity contribution in [3.8, 4) is 0 Å². The standard InChI is InChI=1S/C13H12BrClN4/c14-8-2-1-3-10(6-8)18-13-16-7-11(15)12(19-13)17-9-4-5-9/h1-3,6-7,9H,4-5H2,(H2,16,17,18,19). The second-order valence-electron chi connectivity index (χ2n) is 4.44. The van der Waals surface area contributed by atoms with E-state index in [1.165, 1.54) is 12.8 Å². The fourth-order valence-electron chi connectivity index (χ4n) is 1.64. The molecule has 0 amide bonds. The number of benzene rings is 1. The molecule has 0 saturated heterocycles. The van der Waals surface area contributed by atoms with Gasteiger partial charge in [-0.15, -0.1) is 0 Å². The van der Waals surface area contributed by atoms with Crippen LogP contribution in [0.25, 0.3) is 0 Å². The van der Waals surface area contributed by atoms with E-state index in [2.05, 4.69) is 36.5 Å². The molecule has 1 aromatic heterocycles. The zero-order valence-electron chi connectivity index (χ0n) is 10.0. The van der Waals surface area contributed by atoms with Gasteiger partial charge < -0.3 is 10.6 Å². The summed E-state index contributed by atoms with van der Waals surface area (Å²) in [4.78, 5) is 8.58. The van der Waals surface area contributed by atoms with Crippen LogP contribution in [0.1, 0.15) is 12.8 Å². The number of nitrogens with one attached hydrogen (secondary N) is 2. The van der Waals surface area contributed by atoms with Crippen molar-refractivity contribution in [2.75, 3.05) is 10.6 Å². The number of rotatable bonds is 4. The lowest BCUT2D eigenvalue weighted by atomic mass is 10.3. The van der Waals surface area contributed by atoms with Crippen molar-refractivity contribution < 1.29 is 0 Å². The zero-order chi connectivity index (χ0) is 13.2. The molecule has 0 bridgehead atoms. The van der Waals surface area contributed by atoms with Crippen LogP contribution in [0, 0.1) is 0 Å². The minimum Gasteiger partial charge on any atom is -0.366 e. The van der Waals surface area contributed by atoms with Gasteiger partial charge in [0.05, 0.1) is 6.20 Å². The van der Waals surface area contributed by atoms with Crippen molar-refractivity contribution >= 4 is 45.0 Å². The second kappa shape index (κ2) is 5.35. The normalized spacial score (nSPS) is 14.2. The first kappa shape index (κ1) is 12.7. The molecule has 0 radical (unpaired) electrons. The maximum atomic E-state index is 6.07. The first-order chi connectivity index (χ1) is 9.20. The summed E-state index contributed by atoms with van der Waals surface area (Å²) in [5.41, 5.74) is 0.925. The third-order valence-corrected chi connectivity index (χ3v) is 3.51. The Hall–Kier alpha value is -1.33. The molecule has 1 heterocycles. The van der Waals surface area contributed by atoms with Crippen molar-refractivity contribution in [3.05, 3.63) is 40.0 Å². The van der Waals surface area contributed by atoms with Crippen molar-refractivity contribution in [3.63, 3.8) is 0 Å². The first-order valence-electron chi connectivity index (χ1n) is 6.02. The molecular weight excluding hydrogens is 328 g/mol. The fraction of sp³-hybridized carbons (Fsp3) is 0.231. The summed E-state index contributed by atoms with van der Waals surface area (Å²) in [5.74, 6) is 1.22. The lowest BCUT2D eigenvalue weighted by molar-refractivity contribution is 1.08. The fourth-order valence-corrected chi connectivity index (χ4v) is 2.19. The van der Waals surface area contributed by atoms with Crippen molar-refractivity contribution in [2.45, 2.75) is 18.9 Å². The Labute approximate surface area is 124 Å². The van der Waals surface area contributed by atoms with Gasteiger partial charge in [0.2, 0.25) is 5.95 Å². The van der Waals surface area contributed by atoms with Crippen molar-refractivity contribution in [1.82, 2.24) is 9.97 Å². The number of halogens is 2. The van der Waals surface area contributed by atoms with Crippen LogP contribution in [-0.4, -0.2) is 16.0 Å². The largest absolute Gasteiger partial charge is 0.366 e. The molecule has 0 spiro atoms. The molecule has 1 aromatic carbocycles. The van der Waals surface area contributed by atoms with Gasteiger partial charge in [-0.2, -0.15) is 4.98 Å². The molecule has 1 aliphatic carbocycles. The van der Waals surface area contributed by atoms with Gasteiger partial charge in [0, 0.05) is 16.2 Å². The van der Waals surface area contributed by atoms with Crippen molar-refractivity contribution in [1.29, 1.82) is 0 Å². The Balaban J connectivity index is 1.80. The molecule has 6 heteroatoms. The Morgan fingerprint density at radius 1 is 1.32 bits per heavy atom. The molecular formula is C13H12BrClN4. The summed E-state index contributed by atoms with van der Waals surface area (Å²) >= 11 is 9.50. The van der Waals surface area contributed by atoms with Crippen LogP contribution in [0.3, 0.4) is 0 Å². The molecule has 2 N–H and O–H groups in total. The lowest BCUT2D eigenvalue weighted by Crippen LogP contribution is -2.06. The molecule has 98 valence electrons. The van der Waals surface area contributed by atoms with Gasteiger partial charge in [0.25, 0.3) is 0 Å². The quantitative estimate of drug-likeness (QED) is 0.876. The topological polar surface area (TPSA) is 49.8 Å². The molecule has 1 fully saturated rings. The summed E-state index contributed by atoms with van der Waals surface area (Å²) in [5, 5.41) is 6.99. The van der Waals surface area contributed by atoms with Gasteiger partial charge in [-0.05, 0) is 31.0 Å². The number of nitrogens with zero attached hydrogens (tertiary/aromatic N) is 2. The molecule has 4 nitrogen and oxygen atoms in total. The van der Waals surface area contributed by atoms with Gasteiger partial charge in [0.1, 0.15) is 5.02 Å². The molecule has 1 saturated carbocycles. The highest BCUT2D eigenvalue weighted by Crippen LogP contribution is 2.28. The predicted molar refractivity (Wildman–Crippen MR) is 81.1 cm³/mol. The van der Waals surface area contributed by atoms with E-state index in [1.54, 1.807) is 6.20 Å². The maximum absolute atomic E-state index is 6.07. The van der Waals surface area contributed by atoms with E-state index in [4.69, 9.17) is 11.6 Å².